The summed E-state index contributed by atoms with van der Waals surface area (Å²) in [6.45, 7) is 6.37. The van der Waals surface area contributed by atoms with Gasteiger partial charge in [-0.1, -0.05) is 0 Å². The Kier molecular flexibility index (Phi) is 3.76. The van der Waals surface area contributed by atoms with Crippen LogP contribution in [-0.4, -0.2) is 44.8 Å². The Hall–Kier alpha value is -1.75. The number of likely N-dealkylation sites (tertiary alicyclic amines) is 1. The number of rotatable bonds is 2. The third-order valence-electron chi connectivity index (χ3n) is 4.48. The normalized spacial score (nSPS) is 19.9. The molecule has 0 spiro atoms. The summed E-state index contributed by atoms with van der Waals surface area (Å²) in [5.41, 5.74) is 5.29. The molecular weight excluding hydrogens is 262 g/mol. The minimum Gasteiger partial charge on any atom is -0.306 e. The maximum atomic E-state index is 4.68. The van der Waals surface area contributed by atoms with Crippen molar-refractivity contribution in [2.24, 2.45) is 7.05 Å². The molecule has 5 nitrogen and oxygen atoms in total. The molecule has 0 aliphatic carbocycles. The second-order valence-electron chi connectivity index (χ2n) is 6.10. The molecule has 112 valence electrons. The molecule has 0 unspecified atom stereocenters. The first-order chi connectivity index (χ1) is 10.1. The average Bonchev–Trinajstić information content (AvgIpc) is 2.72. The molecule has 0 saturated carbocycles. The van der Waals surface area contributed by atoms with Crippen LogP contribution in [0.3, 0.4) is 0 Å². The van der Waals surface area contributed by atoms with E-state index in [0.717, 1.165) is 34.9 Å². The lowest BCUT2D eigenvalue weighted by Crippen LogP contribution is -2.31. The second-order valence-corrected chi connectivity index (χ2v) is 6.10. The lowest BCUT2D eigenvalue weighted by molar-refractivity contribution is 0.248. The van der Waals surface area contributed by atoms with Gasteiger partial charge in [0, 0.05) is 37.0 Å². The second kappa shape index (κ2) is 5.56. The number of hydrogen-bond donors (Lipinski definition) is 0. The molecule has 3 heterocycles. The van der Waals surface area contributed by atoms with Crippen molar-refractivity contribution in [1.29, 1.82) is 0 Å². The van der Waals surface area contributed by atoms with Crippen LogP contribution in [0.25, 0.3) is 11.3 Å². The fraction of sp³-hybridized carbons (Fsp3) is 0.562. The van der Waals surface area contributed by atoms with Gasteiger partial charge in [-0.25, -0.2) is 0 Å². The maximum Gasteiger partial charge on any atom is 0.0922 e. The van der Waals surface area contributed by atoms with Crippen molar-refractivity contribution in [2.45, 2.75) is 32.6 Å². The smallest absolute Gasteiger partial charge is 0.0922 e. The lowest BCUT2D eigenvalue weighted by atomic mass is 9.95. The Morgan fingerprint density at radius 2 is 1.95 bits per heavy atom. The predicted molar refractivity (Wildman–Crippen MR) is 83.2 cm³/mol. The molecule has 1 saturated heterocycles. The summed E-state index contributed by atoms with van der Waals surface area (Å²) in [5, 5.41) is 4.45. The molecule has 0 N–H and O–H groups in total. The van der Waals surface area contributed by atoms with Gasteiger partial charge in [0.15, 0.2) is 0 Å². The Morgan fingerprint density at radius 3 is 2.52 bits per heavy atom. The summed E-state index contributed by atoms with van der Waals surface area (Å²) in [6.07, 6.45) is 6.31. The van der Waals surface area contributed by atoms with E-state index in [9.17, 15) is 0 Å². The van der Waals surface area contributed by atoms with Crippen molar-refractivity contribution in [1.82, 2.24) is 24.6 Å². The van der Waals surface area contributed by atoms with Gasteiger partial charge in [0.2, 0.25) is 0 Å². The molecular formula is C16H23N5. The minimum absolute atomic E-state index is 0.515. The maximum absolute atomic E-state index is 4.68. The summed E-state index contributed by atoms with van der Waals surface area (Å²) in [6, 6.07) is 0. The van der Waals surface area contributed by atoms with Crippen LogP contribution >= 0.6 is 0 Å². The fourth-order valence-corrected chi connectivity index (χ4v) is 3.23. The van der Waals surface area contributed by atoms with Crippen LogP contribution in [0.2, 0.25) is 0 Å². The Balaban J connectivity index is 1.87. The molecule has 1 aliphatic heterocycles. The van der Waals surface area contributed by atoms with Crippen LogP contribution in [0.1, 0.15) is 35.8 Å². The third kappa shape index (κ3) is 2.70. The van der Waals surface area contributed by atoms with Gasteiger partial charge < -0.3 is 4.90 Å². The van der Waals surface area contributed by atoms with E-state index >= 15 is 0 Å². The highest BCUT2D eigenvalue weighted by Gasteiger charge is 2.21. The number of aromatic nitrogens is 4. The highest BCUT2D eigenvalue weighted by molar-refractivity contribution is 5.63. The van der Waals surface area contributed by atoms with Crippen molar-refractivity contribution in [3.8, 4) is 11.3 Å². The zero-order valence-corrected chi connectivity index (χ0v) is 13.3. The van der Waals surface area contributed by atoms with Crippen molar-refractivity contribution in [3.05, 3.63) is 29.5 Å². The van der Waals surface area contributed by atoms with Crippen molar-refractivity contribution >= 4 is 0 Å². The molecule has 21 heavy (non-hydrogen) atoms. The molecule has 3 rings (SSSR count). The van der Waals surface area contributed by atoms with E-state index in [2.05, 4.69) is 33.9 Å². The fourth-order valence-electron chi connectivity index (χ4n) is 3.23. The van der Waals surface area contributed by atoms with E-state index in [1.165, 1.54) is 19.4 Å². The highest BCUT2D eigenvalue weighted by atomic mass is 15.3. The monoisotopic (exact) mass is 285 g/mol. The molecule has 1 aliphatic rings. The average molecular weight is 285 g/mol. The molecule has 2 aromatic heterocycles. The van der Waals surface area contributed by atoms with Gasteiger partial charge >= 0.3 is 0 Å². The first kappa shape index (κ1) is 14.2. The summed E-state index contributed by atoms with van der Waals surface area (Å²) in [4.78, 5) is 11.7. The molecule has 2 aromatic rings. The lowest BCUT2D eigenvalue weighted by Gasteiger charge is -2.29. The Labute approximate surface area is 126 Å². The first-order valence-corrected chi connectivity index (χ1v) is 7.57. The first-order valence-electron chi connectivity index (χ1n) is 7.57. The van der Waals surface area contributed by atoms with Gasteiger partial charge in [0.05, 0.1) is 23.3 Å². The highest BCUT2D eigenvalue weighted by Crippen LogP contribution is 2.27. The van der Waals surface area contributed by atoms with Crippen LogP contribution in [0.15, 0.2) is 12.4 Å². The van der Waals surface area contributed by atoms with Gasteiger partial charge in [-0.05, 0) is 40.3 Å². The summed E-state index contributed by atoms with van der Waals surface area (Å²) in [7, 11) is 4.14. The predicted octanol–water partition coefficient (Wildman–Crippen LogP) is 2.30. The van der Waals surface area contributed by atoms with E-state index < -0.39 is 0 Å². The van der Waals surface area contributed by atoms with E-state index in [0.29, 0.717) is 5.92 Å². The van der Waals surface area contributed by atoms with E-state index in [4.69, 9.17) is 0 Å². The van der Waals surface area contributed by atoms with Gasteiger partial charge in [0.25, 0.3) is 0 Å². The number of aryl methyl sites for hydroxylation is 2. The largest absolute Gasteiger partial charge is 0.306 e. The molecule has 1 atom stereocenters. The van der Waals surface area contributed by atoms with Gasteiger partial charge in [0.1, 0.15) is 0 Å². The van der Waals surface area contributed by atoms with E-state index in [1.54, 1.807) is 0 Å². The van der Waals surface area contributed by atoms with Gasteiger partial charge in [-0.2, -0.15) is 5.10 Å². The zero-order chi connectivity index (χ0) is 15.0. The molecule has 0 aromatic carbocycles. The Bertz CT molecular complexity index is 629. The van der Waals surface area contributed by atoms with Crippen LogP contribution in [0, 0.1) is 13.8 Å². The number of nitrogens with zero attached hydrogens (tertiary/aromatic N) is 5. The summed E-state index contributed by atoms with van der Waals surface area (Å²) >= 11 is 0. The van der Waals surface area contributed by atoms with Crippen molar-refractivity contribution < 1.29 is 0 Å². The van der Waals surface area contributed by atoms with Crippen molar-refractivity contribution in [3.63, 3.8) is 0 Å². The molecule has 0 bridgehead atoms. The van der Waals surface area contributed by atoms with Crippen LogP contribution in [-0.2, 0) is 7.05 Å². The number of hydrogen-bond acceptors (Lipinski definition) is 4. The molecule has 0 radical (unpaired) electrons. The van der Waals surface area contributed by atoms with Crippen LogP contribution in [0.5, 0.6) is 0 Å². The summed E-state index contributed by atoms with van der Waals surface area (Å²) in [5.74, 6) is 0.515. The van der Waals surface area contributed by atoms with Crippen molar-refractivity contribution in [2.75, 3.05) is 20.1 Å². The van der Waals surface area contributed by atoms with Gasteiger partial charge in [-0.15, -0.1) is 0 Å². The Morgan fingerprint density at radius 1 is 1.14 bits per heavy atom. The topological polar surface area (TPSA) is 46.8 Å². The molecule has 1 fully saturated rings. The van der Waals surface area contributed by atoms with Gasteiger partial charge in [-0.3, -0.25) is 14.6 Å². The van der Waals surface area contributed by atoms with E-state index in [-0.39, 0.29) is 0 Å². The minimum atomic E-state index is 0.515. The van der Waals surface area contributed by atoms with Crippen LogP contribution < -0.4 is 0 Å². The number of likely N-dealkylation sites (N-methyl/N-ethyl adjacent to an activating group) is 1. The quantitative estimate of drug-likeness (QED) is 0.849. The third-order valence-corrected chi connectivity index (χ3v) is 4.48. The van der Waals surface area contributed by atoms with Crippen LogP contribution in [0.4, 0.5) is 0 Å². The standard InChI is InChI=1S/C16H23N5/c1-11-16(12(2)21(4)19-11)15-9-17-14(8-18-15)13-6-5-7-20(3)10-13/h8-9,13H,5-7,10H2,1-4H3/t13-/m0/s1. The number of piperidine rings is 1. The zero-order valence-electron chi connectivity index (χ0n) is 13.3. The molecule has 5 heteroatoms. The van der Waals surface area contributed by atoms with E-state index in [1.807, 2.05) is 31.0 Å². The molecule has 0 amide bonds. The SMILES string of the molecule is Cc1nn(C)c(C)c1-c1cnc([C@H]2CCCN(C)C2)cn1. The summed E-state index contributed by atoms with van der Waals surface area (Å²) < 4.78 is 1.90.